The summed E-state index contributed by atoms with van der Waals surface area (Å²) in [5.41, 5.74) is 6.06. The standard InChI is InChI=1S/C15H20FN3O2.ClH/c16-12-4-1-3-11(7-12)8-13-5-2-6-19(13)15(21)10-18-14(20)9-17;/h1,3-4,7,13H,2,5-6,8-10,17H2,(H,18,20);1H. The Balaban J connectivity index is 0.00000242. The molecule has 1 saturated heterocycles. The van der Waals surface area contributed by atoms with Crippen LogP contribution in [0.5, 0.6) is 0 Å². The van der Waals surface area contributed by atoms with Crippen LogP contribution in [-0.2, 0) is 16.0 Å². The summed E-state index contributed by atoms with van der Waals surface area (Å²) in [5, 5.41) is 2.49. The van der Waals surface area contributed by atoms with E-state index in [1.54, 1.807) is 11.0 Å². The molecule has 22 heavy (non-hydrogen) atoms. The molecule has 0 saturated carbocycles. The Morgan fingerprint density at radius 2 is 2.18 bits per heavy atom. The Kier molecular flexibility index (Phi) is 7.27. The molecule has 5 nitrogen and oxygen atoms in total. The van der Waals surface area contributed by atoms with Gasteiger partial charge in [0, 0.05) is 12.6 Å². The van der Waals surface area contributed by atoms with Crippen LogP contribution in [0.1, 0.15) is 18.4 Å². The Bertz CT molecular complexity index is 527. The van der Waals surface area contributed by atoms with Crippen LogP contribution in [0.25, 0.3) is 0 Å². The number of hydrogen-bond donors (Lipinski definition) is 2. The topological polar surface area (TPSA) is 75.4 Å². The first-order chi connectivity index (χ1) is 10.1. The normalized spacial score (nSPS) is 17.0. The van der Waals surface area contributed by atoms with E-state index in [2.05, 4.69) is 5.32 Å². The van der Waals surface area contributed by atoms with Crippen molar-refractivity contribution in [3.8, 4) is 0 Å². The maximum atomic E-state index is 13.2. The average Bonchev–Trinajstić information content (AvgIpc) is 2.92. The molecule has 2 amide bonds. The highest BCUT2D eigenvalue weighted by molar-refractivity contribution is 5.86. The first-order valence-electron chi connectivity index (χ1n) is 7.11. The minimum Gasteiger partial charge on any atom is -0.346 e. The summed E-state index contributed by atoms with van der Waals surface area (Å²) in [6.07, 6.45) is 2.46. The zero-order valence-electron chi connectivity index (χ0n) is 12.3. The van der Waals surface area contributed by atoms with Gasteiger partial charge in [-0.2, -0.15) is 0 Å². The van der Waals surface area contributed by atoms with Crippen molar-refractivity contribution in [3.63, 3.8) is 0 Å². The third kappa shape index (κ3) is 4.96. The van der Waals surface area contributed by atoms with Crippen molar-refractivity contribution in [1.82, 2.24) is 10.2 Å². The number of amides is 2. The lowest BCUT2D eigenvalue weighted by Gasteiger charge is -2.25. The number of halogens is 2. The van der Waals surface area contributed by atoms with E-state index in [1.165, 1.54) is 12.1 Å². The molecule has 122 valence electrons. The number of rotatable bonds is 5. The molecular weight excluding hydrogens is 309 g/mol. The van der Waals surface area contributed by atoms with Gasteiger partial charge < -0.3 is 16.0 Å². The average molecular weight is 330 g/mol. The predicted molar refractivity (Wildman–Crippen MR) is 84.2 cm³/mol. The number of nitrogens with zero attached hydrogens (tertiary/aromatic N) is 1. The summed E-state index contributed by atoms with van der Waals surface area (Å²) >= 11 is 0. The summed E-state index contributed by atoms with van der Waals surface area (Å²) in [4.78, 5) is 25.0. The van der Waals surface area contributed by atoms with Gasteiger partial charge in [0.25, 0.3) is 0 Å². The molecule has 1 aromatic carbocycles. The molecule has 1 aromatic rings. The highest BCUT2D eigenvalue weighted by atomic mass is 35.5. The molecule has 3 N–H and O–H groups in total. The second kappa shape index (κ2) is 8.70. The third-order valence-electron chi connectivity index (χ3n) is 3.68. The van der Waals surface area contributed by atoms with E-state index in [0.717, 1.165) is 18.4 Å². The van der Waals surface area contributed by atoms with Crippen LogP contribution in [0.4, 0.5) is 4.39 Å². The highest BCUT2D eigenvalue weighted by Crippen LogP contribution is 2.21. The number of benzene rings is 1. The molecule has 2 rings (SSSR count). The van der Waals surface area contributed by atoms with Gasteiger partial charge in [-0.05, 0) is 37.0 Å². The molecule has 1 atom stereocenters. The molecule has 0 radical (unpaired) electrons. The van der Waals surface area contributed by atoms with Crippen molar-refractivity contribution < 1.29 is 14.0 Å². The smallest absolute Gasteiger partial charge is 0.242 e. The van der Waals surface area contributed by atoms with E-state index in [4.69, 9.17) is 5.73 Å². The van der Waals surface area contributed by atoms with Crippen LogP contribution in [0, 0.1) is 5.82 Å². The molecule has 1 aliphatic rings. The van der Waals surface area contributed by atoms with E-state index < -0.39 is 0 Å². The summed E-state index contributed by atoms with van der Waals surface area (Å²) in [5.74, 6) is -0.724. The van der Waals surface area contributed by atoms with Crippen molar-refractivity contribution in [1.29, 1.82) is 0 Å². The lowest BCUT2D eigenvalue weighted by Crippen LogP contribution is -2.44. The fourth-order valence-electron chi connectivity index (χ4n) is 2.66. The molecule has 0 aliphatic carbocycles. The van der Waals surface area contributed by atoms with Crippen LogP contribution in [0.2, 0.25) is 0 Å². The maximum absolute atomic E-state index is 13.2. The van der Waals surface area contributed by atoms with Crippen LogP contribution in [0.15, 0.2) is 24.3 Å². The Morgan fingerprint density at radius 3 is 2.86 bits per heavy atom. The number of nitrogens with one attached hydrogen (secondary N) is 1. The van der Waals surface area contributed by atoms with Gasteiger partial charge in [-0.15, -0.1) is 12.4 Å². The summed E-state index contributed by atoms with van der Waals surface area (Å²) in [6.45, 7) is 0.521. The van der Waals surface area contributed by atoms with Gasteiger partial charge in [0.15, 0.2) is 0 Å². The fraction of sp³-hybridized carbons (Fsp3) is 0.467. The lowest BCUT2D eigenvalue weighted by atomic mass is 10.0. The molecule has 1 fully saturated rings. The SMILES string of the molecule is Cl.NCC(=O)NCC(=O)N1CCCC1Cc1cccc(F)c1. The van der Waals surface area contributed by atoms with E-state index in [9.17, 15) is 14.0 Å². The van der Waals surface area contributed by atoms with Crippen LogP contribution >= 0.6 is 12.4 Å². The highest BCUT2D eigenvalue weighted by Gasteiger charge is 2.28. The number of likely N-dealkylation sites (tertiary alicyclic amines) is 1. The van der Waals surface area contributed by atoms with Gasteiger partial charge in [-0.3, -0.25) is 9.59 Å². The van der Waals surface area contributed by atoms with E-state index in [0.29, 0.717) is 13.0 Å². The quantitative estimate of drug-likeness (QED) is 0.841. The molecule has 0 aromatic heterocycles. The first-order valence-corrected chi connectivity index (χ1v) is 7.11. The Labute approximate surface area is 135 Å². The monoisotopic (exact) mass is 329 g/mol. The van der Waals surface area contributed by atoms with Crippen LogP contribution in [-0.4, -0.2) is 42.4 Å². The Morgan fingerprint density at radius 1 is 1.41 bits per heavy atom. The molecular formula is C15H21ClFN3O2. The largest absolute Gasteiger partial charge is 0.346 e. The van der Waals surface area contributed by atoms with Crippen LogP contribution < -0.4 is 11.1 Å². The number of hydrogen-bond acceptors (Lipinski definition) is 3. The van der Waals surface area contributed by atoms with Gasteiger partial charge in [0.1, 0.15) is 5.82 Å². The molecule has 1 aliphatic heterocycles. The minimum absolute atomic E-state index is 0. The Hall–Kier alpha value is -1.66. The van der Waals surface area contributed by atoms with E-state index in [-0.39, 0.29) is 49.2 Å². The second-order valence-electron chi connectivity index (χ2n) is 5.20. The molecule has 1 heterocycles. The van der Waals surface area contributed by atoms with Crippen LogP contribution in [0.3, 0.4) is 0 Å². The number of nitrogens with two attached hydrogens (primary N) is 1. The lowest BCUT2D eigenvalue weighted by molar-refractivity contribution is -0.133. The molecule has 1 unspecified atom stereocenters. The van der Waals surface area contributed by atoms with Gasteiger partial charge in [0.05, 0.1) is 13.1 Å². The van der Waals surface area contributed by atoms with E-state index >= 15 is 0 Å². The first kappa shape index (κ1) is 18.4. The third-order valence-corrected chi connectivity index (χ3v) is 3.68. The second-order valence-corrected chi connectivity index (χ2v) is 5.20. The van der Waals surface area contributed by atoms with Crippen molar-refractivity contribution in [2.24, 2.45) is 5.73 Å². The molecule has 7 heteroatoms. The van der Waals surface area contributed by atoms with Crippen molar-refractivity contribution in [2.75, 3.05) is 19.6 Å². The fourth-order valence-corrected chi connectivity index (χ4v) is 2.66. The number of carbonyl (C=O) groups excluding carboxylic acids is 2. The molecule has 0 bridgehead atoms. The summed E-state index contributed by atoms with van der Waals surface area (Å²) in [6, 6.07) is 6.50. The summed E-state index contributed by atoms with van der Waals surface area (Å²) < 4.78 is 13.2. The van der Waals surface area contributed by atoms with Gasteiger partial charge in [-0.25, -0.2) is 4.39 Å². The predicted octanol–water partition coefficient (Wildman–Crippen LogP) is 0.856. The zero-order valence-corrected chi connectivity index (χ0v) is 13.1. The van der Waals surface area contributed by atoms with E-state index in [1.807, 2.05) is 6.07 Å². The molecule has 0 spiro atoms. The van der Waals surface area contributed by atoms with Crippen molar-refractivity contribution in [2.45, 2.75) is 25.3 Å². The van der Waals surface area contributed by atoms with Gasteiger partial charge in [0.2, 0.25) is 11.8 Å². The van der Waals surface area contributed by atoms with Gasteiger partial charge in [-0.1, -0.05) is 12.1 Å². The van der Waals surface area contributed by atoms with Crippen molar-refractivity contribution >= 4 is 24.2 Å². The minimum atomic E-state index is -0.343. The number of carbonyl (C=O) groups is 2. The maximum Gasteiger partial charge on any atom is 0.242 e. The zero-order chi connectivity index (χ0) is 15.2. The summed E-state index contributed by atoms with van der Waals surface area (Å²) in [7, 11) is 0. The van der Waals surface area contributed by atoms with Gasteiger partial charge >= 0.3 is 0 Å². The van der Waals surface area contributed by atoms with Crippen molar-refractivity contribution in [3.05, 3.63) is 35.6 Å².